The highest BCUT2D eigenvalue weighted by Crippen LogP contribution is 2.16. The molecule has 1 amide bonds. The number of rotatable bonds is 4. The van der Waals surface area contributed by atoms with Gasteiger partial charge in [0, 0.05) is 11.7 Å². The molecule has 1 heterocycles. The molecule has 1 aromatic carbocycles. The van der Waals surface area contributed by atoms with E-state index in [4.69, 9.17) is 15.2 Å². The summed E-state index contributed by atoms with van der Waals surface area (Å²) in [6.07, 6.45) is -0.166. The first-order valence-electron chi connectivity index (χ1n) is 6.92. The Morgan fingerprint density at radius 1 is 1.29 bits per heavy atom. The number of hydrogen-bond donors (Lipinski definition) is 2. The number of carbonyl (C=O) groups is 2. The van der Waals surface area contributed by atoms with Gasteiger partial charge in [-0.2, -0.15) is 0 Å². The fourth-order valence-electron chi connectivity index (χ4n) is 2.05. The summed E-state index contributed by atoms with van der Waals surface area (Å²) < 4.78 is 10.3. The lowest BCUT2D eigenvalue weighted by Gasteiger charge is -2.13. The van der Waals surface area contributed by atoms with E-state index in [1.165, 1.54) is 0 Å². The van der Waals surface area contributed by atoms with Gasteiger partial charge in [0.15, 0.2) is 0 Å². The van der Waals surface area contributed by atoms with E-state index in [2.05, 4.69) is 5.32 Å². The van der Waals surface area contributed by atoms with Gasteiger partial charge in [0.25, 0.3) is 0 Å². The summed E-state index contributed by atoms with van der Waals surface area (Å²) in [4.78, 5) is 23.7. The van der Waals surface area contributed by atoms with Crippen molar-refractivity contribution in [1.82, 2.24) is 0 Å². The van der Waals surface area contributed by atoms with Crippen LogP contribution in [0.1, 0.15) is 24.2 Å². The third-order valence-corrected chi connectivity index (χ3v) is 3.19. The zero-order chi connectivity index (χ0) is 15.4. The molecule has 1 fully saturated rings. The molecular weight excluding hydrogens is 272 g/mol. The van der Waals surface area contributed by atoms with Crippen molar-refractivity contribution in [3.63, 3.8) is 0 Å². The Kier molecular flexibility index (Phi) is 4.93. The number of amides is 1. The standard InChI is InChI=1S/C15H20N2O4/c1-9(2)21-15(19)10-3-5-11(6-4-10)17-14(18)12-7-20-8-13(12)16/h3-6,9,12-13H,7-8,16H2,1-2H3,(H,17,18). The fraction of sp³-hybridized carbons (Fsp3) is 0.467. The highest BCUT2D eigenvalue weighted by atomic mass is 16.5. The second-order valence-corrected chi connectivity index (χ2v) is 5.33. The molecule has 0 spiro atoms. The van der Waals surface area contributed by atoms with Crippen LogP contribution in [0.25, 0.3) is 0 Å². The van der Waals surface area contributed by atoms with Crippen LogP contribution >= 0.6 is 0 Å². The maximum absolute atomic E-state index is 12.0. The SMILES string of the molecule is CC(C)OC(=O)c1ccc(NC(=O)C2COCC2N)cc1. The molecule has 1 aromatic rings. The van der Waals surface area contributed by atoms with Crippen molar-refractivity contribution in [3.05, 3.63) is 29.8 Å². The summed E-state index contributed by atoms with van der Waals surface area (Å²) in [6.45, 7) is 4.32. The van der Waals surface area contributed by atoms with Crippen molar-refractivity contribution in [2.24, 2.45) is 11.7 Å². The second-order valence-electron chi connectivity index (χ2n) is 5.33. The Hall–Kier alpha value is -1.92. The normalized spacial score (nSPS) is 21.3. The summed E-state index contributed by atoms with van der Waals surface area (Å²) in [5.74, 6) is -0.887. The van der Waals surface area contributed by atoms with Crippen LogP contribution in [0.15, 0.2) is 24.3 Å². The highest BCUT2D eigenvalue weighted by Gasteiger charge is 2.31. The van der Waals surface area contributed by atoms with Crippen molar-refractivity contribution in [1.29, 1.82) is 0 Å². The summed E-state index contributed by atoms with van der Waals surface area (Å²) in [6, 6.07) is 6.29. The van der Waals surface area contributed by atoms with Crippen molar-refractivity contribution < 1.29 is 19.1 Å². The van der Waals surface area contributed by atoms with Gasteiger partial charge in [0.2, 0.25) is 5.91 Å². The molecule has 3 N–H and O–H groups in total. The first-order valence-corrected chi connectivity index (χ1v) is 6.92. The monoisotopic (exact) mass is 292 g/mol. The number of nitrogens with one attached hydrogen (secondary N) is 1. The number of anilines is 1. The lowest BCUT2D eigenvalue weighted by molar-refractivity contribution is -0.120. The Labute approximate surface area is 123 Å². The lowest BCUT2D eigenvalue weighted by Crippen LogP contribution is -2.37. The van der Waals surface area contributed by atoms with Crippen LogP contribution < -0.4 is 11.1 Å². The van der Waals surface area contributed by atoms with Crippen LogP contribution in [0, 0.1) is 5.92 Å². The second kappa shape index (κ2) is 6.69. The number of nitrogens with two attached hydrogens (primary N) is 1. The highest BCUT2D eigenvalue weighted by molar-refractivity contribution is 5.94. The molecule has 6 heteroatoms. The third kappa shape index (κ3) is 4.03. The van der Waals surface area contributed by atoms with Crippen LogP contribution in [0.3, 0.4) is 0 Å². The minimum Gasteiger partial charge on any atom is -0.459 e. The molecule has 1 aliphatic heterocycles. The first kappa shape index (κ1) is 15.5. The van der Waals surface area contributed by atoms with Crippen LogP contribution in [0.4, 0.5) is 5.69 Å². The quantitative estimate of drug-likeness (QED) is 0.813. The number of ether oxygens (including phenoxy) is 2. The maximum Gasteiger partial charge on any atom is 0.338 e. The van der Waals surface area contributed by atoms with Gasteiger partial charge in [0.05, 0.1) is 30.8 Å². The van der Waals surface area contributed by atoms with Gasteiger partial charge in [-0.1, -0.05) is 0 Å². The fourth-order valence-corrected chi connectivity index (χ4v) is 2.05. The maximum atomic E-state index is 12.0. The van der Waals surface area contributed by atoms with E-state index < -0.39 is 0 Å². The van der Waals surface area contributed by atoms with Crippen molar-refractivity contribution in [3.8, 4) is 0 Å². The summed E-state index contributed by atoms with van der Waals surface area (Å²) in [5.41, 5.74) is 6.85. The Bertz CT molecular complexity index is 513. The number of hydrogen-bond acceptors (Lipinski definition) is 5. The van der Waals surface area contributed by atoms with Crippen molar-refractivity contribution in [2.45, 2.75) is 26.0 Å². The zero-order valence-corrected chi connectivity index (χ0v) is 12.2. The molecule has 0 bridgehead atoms. The molecule has 1 saturated heterocycles. The molecule has 0 aliphatic carbocycles. The van der Waals surface area contributed by atoms with Gasteiger partial charge in [-0.25, -0.2) is 4.79 Å². The number of carbonyl (C=O) groups excluding carboxylic acids is 2. The molecular formula is C15H20N2O4. The molecule has 1 aliphatic rings. The lowest BCUT2D eigenvalue weighted by atomic mass is 10.0. The topological polar surface area (TPSA) is 90.6 Å². The van der Waals surface area contributed by atoms with Gasteiger partial charge in [0.1, 0.15) is 0 Å². The van der Waals surface area contributed by atoms with Crippen LogP contribution in [0.5, 0.6) is 0 Å². The predicted octanol–water partition coefficient (Wildman–Crippen LogP) is 1.16. The molecule has 2 unspecified atom stereocenters. The Morgan fingerprint density at radius 2 is 1.95 bits per heavy atom. The molecule has 2 atom stereocenters. The van der Waals surface area contributed by atoms with E-state index in [0.717, 1.165) is 0 Å². The first-order chi connectivity index (χ1) is 9.97. The van der Waals surface area contributed by atoms with E-state index in [9.17, 15) is 9.59 Å². The molecule has 0 saturated carbocycles. The van der Waals surface area contributed by atoms with E-state index >= 15 is 0 Å². The van der Waals surface area contributed by atoms with Gasteiger partial charge >= 0.3 is 5.97 Å². The van der Waals surface area contributed by atoms with E-state index in [-0.39, 0.29) is 29.9 Å². The van der Waals surface area contributed by atoms with E-state index in [1.54, 1.807) is 38.1 Å². The van der Waals surface area contributed by atoms with Crippen molar-refractivity contribution in [2.75, 3.05) is 18.5 Å². The van der Waals surface area contributed by atoms with Gasteiger partial charge in [-0.3, -0.25) is 4.79 Å². The minimum atomic E-state index is -0.380. The van der Waals surface area contributed by atoms with Gasteiger partial charge in [-0.05, 0) is 38.1 Å². The van der Waals surface area contributed by atoms with E-state index in [1.807, 2.05) is 0 Å². The third-order valence-electron chi connectivity index (χ3n) is 3.19. The van der Waals surface area contributed by atoms with E-state index in [0.29, 0.717) is 24.5 Å². The van der Waals surface area contributed by atoms with Crippen molar-refractivity contribution >= 4 is 17.6 Å². The number of benzene rings is 1. The summed E-state index contributed by atoms with van der Waals surface area (Å²) in [5, 5.41) is 2.77. The Morgan fingerprint density at radius 3 is 2.48 bits per heavy atom. The largest absolute Gasteiger partial charge is 0.459 e. The predicted molar refractivity (Wildman–Crippen MR) is 77.9 cm³/mol. The molecule has 2 rings (SSSR count). The Balaban J connectivity index is 1.96. The molecule has 21 heavy (non-hydrogen) atoms. The molecule has 6 nitrogen and oxygen atoms in total. The van der Waals surface area contributed by atoms with Crippen LogP contribution in [-0.2, 0) is 14.3 Å². The number of esters is 1. The molecule has 0 radical (unpaired) electrons. The minimum absolute atomic E-state index is 0.166. The summed E-state index contributed by atoms with van der Waals surface area (Å²) in [7, 11) is 0. The molecule has 114 valence electrons. The average molecular weight is 292 g/mol. The molecule has 0 aromatic heterocycles. The smallest absolute Gasteiger partial charge is 0.338 e. The zero-order valence-electron chi connectivity index (χ0n) is 12.2. The van der Waals surface area contributed by atoms with Crippen LogP contribution in [-0.4, -0.2) is 37.2 Å². The van der Waals surface area contributed by atoms with Gasteiger partial charge in [-0.15, -0.1) is 0 Å². The summed E-state index contributed by atoms with van der Waals surface area (Å²) >= 11 is 0. The average Bonchev–Trinajstić information content (AvgIpc) is 2.85. The van der Waals surface area contributed by atoms with Gasteiger partial charge < -0.3 is 20.5 Å². The van der Waals surface area contributed by atoms with Crippen LogP contribution in [0.2, 0.25) is 0 Å².